The summed E-state index contributed by atoms with van der Waals surface area (Å²) in [5.41, 5.74) is 4.16. The lowest BCUT2D eigenvalue weighted by Gasteiger charge is -2.09. The van der Waals surface area contributed by atoms with Crippen molar-refractivity contribution in [2.45, 2.75) is 13.5 Å². The second kappa shape index (κ2) is 9.39. The summed E-state index contributed by atoms with van der Waals surface area (Å²) in [6.45, 7) is 3.71. The molecule has 0 fully saturated rings. The fraction of sp³-hybridized carbons (Fsp3) is 0.238. The third-order valence-electron chi connectivity index (χ3n) is 4.35. The van der Waals surface area contributed by atoms with Crippen molar-refractivity contribution in [3.8, 4) is 5.69 Å². The van der Waals surface area contributed by atoms with Gasteiger partial charge in [-0.05, 0) is 42.8 Å². The Morgan fingerprint density at radius 3 is 2.71 bits per heavy atom. The quantitative estimate of drug-likeness (QED) is 0.566. The molecule has 0 atom stereocenters. The lowest BCUT2D eigenvalue weighted by molar-refractivity contribution is 0.0950. The second-order valence-corrected chi connectivity index (χ2v) is 6.77. The van der Waals surface area contributed by atoms with Crippen molar-refractivity contribution in [2.75, 3.05) is 25.6 Å². The topological polar surface area (TPSA) is 68.2 Å². The zero-order valence-electron chi connectivity index (χ0n) is 15.9. The minimum absolute atomic E-state index is 0.159. The van der Waals surface area contributed by atoms with Gasteiger partial charge in [-0.3, -0.25) is 4.79 Å². The molecule has 0 aliphatic heterocycles. The van der Waals surface area contributed by atoms with Crippen molar-refractivity contribution in [3.63, 3.8) is 0 Å². The molecule has 0 saturated heterocycles. The molecule has 7 heteroatoms. The summed E-state index contributed by atoms with van der Waals surface area (Å²) >= 11 is 6.05. The van der Waals surface area contributed by atoms with E-state index >= 15 is 0 Å². The molecule has 0 aliphatic carbocycles. The summed E-state index contributed by atoms with van der Waals surface area (Å²) in [4.78, 5) is 12.6. The number of rotatable bonds is 8. The first-order valence-corrected chi connectivity index (χ1v) is 9.37. The van der Waals surface area contributed by atoms with Gasteiger partial charge < -0.3 is 15.4 Å². The summed E-state index contributed by atoms with van der Waals surface area (Å²) in [7, 11) is 1.67. The molecule has 0 spiro atoms. The van der Waals surface area contributed by atoms with Crippen LogP contribution in [0.25, 0.3) is 5.69 Å². The maximum Gasteiger partial charge on any atom is 0.255 e. The van der Waals surface area contributed by atoms with E-state index in [1.54, 1.807) is 24.1 Å². The van der Waals surface area contributed by atoms with Crippen LogP contribution in [0.4, 0.5) is 5.69 Å². The van der Waals surface area contributed by atoms with Gasteiger partial charge in [0.15, 0.2) is 0 Å². The smallest absolute Gasteiger partial charge is 0.255 e. The zero-order valence-corrected chi connectivity index (χ0v) is 16.7. The first-order valence-electron chi connectivity index (χ1n) is 8.99. The van der Waals surface area contributed by atoms with Crippen molar-refractivity contribution in [2.24, 2.45) is 0 Å². The van der Waals surface area contributed by atoms with E-state index in [2.05, 4.69) is 15.7 Å². The predicted molar refractivity (Wildman–Crippen MR) is 111 cm³/mol. The summed E-state index contributed by atoms with van der Waals surface area (Å²) in [6.07, 6.45) is 1.58. The van der Waals surface area contributed by atoms with Crippen LogP contribution in [-0.4, -0.2) is 35.9 Å². The van der Waals surface area contributed by atoms with E-state index in [1.807, 2.05) is 49.4 Å². The van der Waals surface area contributed by atoms with E-state index in [0.29, 0.717) is 23.7 Å². The fourth-order valence-electron chi connectivity index (χ4n) is 2.82. The molecule has 28 heavy (non-hydrogen) atoms. The van der Waals surface area contributed by atoms with Gasteiger partial charge in [-0.1, -0.05) is 29.8 Å². The predicted octanol–water partition coefficient (Wildman–Crippen LogP) is 3.82. The summed E-state index contributed by atoms with van der Waals surface area (Å²) in [5, 5.41) is 11.2. The number of aromatic nitrogens is 2. The van der Waals surface area contributed by atoms with E-state index in [1.165, 1.54) is 0 Å². The molecule has 0 bridgehead atoms. The third kappa shape index (κ3) is 4.91. The van der Waals surface area contributed by atoms with Crippen LogP contribution in [-0.2, 0) is 11.3 Å². The Balaban J connectivity index is 1.61. The Morgan fingerprint density at radius 1 is 1.21 bits per heavy atom. The minimum Gasteiger partial charge on any atom is -0.383 e. The van der Waals surface area contributed by atoms with Crippen LogP contribution in [0.1, 0.15) is 21.6 Å². The van der Waals surface area contributed by atoms with Crippen molar-refractivity contribution in [1.29, 1.82) is 0 Å². The van der Waals surface area contributed by atoms with Crippen molar-refractivity contribution in [3.05, 3.63) is 76.6 Å². The largest absolute Gasteiger partial charge is 0.383 e. The molecule has 2 N–H and O–H groups in total. The summed E-state index contributed by atoms with van der Waals surface area (Å²) in [5.74, 6) is -0.159. The second-order valence-electron chi connectivity index (χ2n) is 6.33. The number of anilines is 1. The maximum absolute atomic E-state index is 12.6. The zero-order chi connectivity index (χ0) is 19.9. The lowest BCUT2D eigenvalue weighted by Crippen LogP contribution is -2.23. The Hall–Kier alpha value is -2.83. The number of carbonyl (C=O) groups excluding carboxylic acids is 1. The van der Waals surface area contributed by atoms with Crippen LogP contribution in [0.5, 0.6) is 0 Å². The first-order chi connectivity index (χ1) is 13.6. The number of hydrogen-bond donors (Lipinski definition) is 2. The SMILES string of the molecule is COCCNc1ccc(CNC(=O)c2cnn(-c3cccc(Cl)c3)c2C)cc1. The number of amides is 1. The highest BCUT2D eigenvalue weighted by Gasteiger charge is 2.15. The van der Waals surface area contributed by atoms with Gasteiger partial charge in [-0.15, -0.1) is 0 Å². The highest BCUT2D eigenvalue weighted by molar-refractivity contribution is 6.30. The van der Waals surface area contributed by atoms with Crippen LogP contribution in [0, 0.1) is 6.92 Å². The third-order valence-corrected chi connectivity index (χ3v) is 4.58. The Morgan fingerprint density at radius 2 is 2.00 bits per heavy atom. The standard InChI is InChI=1S/C21H23ClN4O2/c1-15-20(14-25-26(15)19-5-3-4-17(22)12-19)21(27)24-13-16-6-8-18(9-7-16)23-10-11-28-2/h3-9,12,14,23H,10-11,13H2,1-2H3,(H,24,27). The Bertz CT molecular complexity index is 938. The average Bonchev–Trinajstić information content (AvgIpc) is 3.09. The highest BCUT2D eigenvalue weighted by Crippen LogP contribution is 2.18. The van der Waals surface area contributed by atoms with Gasteiger partial charge in [-0.2, -0.15) is 5.10 Å². The Labute approximate surface area is 169 Å². The van der Waals surface area contributed by atoms with E-state index in [0.717, 1.165) is 29.2 Å². The minimum atomic E-state index is -0.159. The van der Waals surface area contributed by atoms with Crippen LogP contribution >= 0.6 is 11.6 Å². The fourth-order valence-corrected chi connectivity index (χ4v) is 3.00. The van der Waals surface area contributed by atoms with Crippen LogP contribution in [0.2, 0.25) is 5.02 Å². The maximum atomic E-state index is 12.6. The normalized spacial score (nSPS) is 10.7. The number of carbonyl (C=O) groups is 1. The summed E-state index contributed by atoms with van der Waals surface area (Å²) in [6, 6.07) is 15.3. The van der Waals surface area contributed by atoms with Gasteiger partial charge in [0.1, 0.15) is 0 Å². The molecular weight excluding hydrogens is 376 g/mol. The van der Waals surface area contributed by atoms with Gasteiger partial charge in [-0.25, -0.2) is 4.68 Å². The van der Waals surface area contributed by atoms with Gasteiger partial charge >= 0.3 is 0 Å². The molecule has 3 rings (SSSR count). The molecule has 146 valence electrons. The van der Waals surface area contributed by atoms with E-state index in [4.69, 9.17) is 16.3 Å². The van der Waals surface area contributed by atoms with Crippen LogP contribution < -0.4 is 10.6 Å². The molecular formula is C21H23ClN4O2. The van der Waals surface area contributed by atoms with Crippen molar-refractivity contribution < 1.29 is 9.53 Å². The molecule has 0 unspecified atom stereocenters. The number of nitrogens with zero attached hydrogens (tertiary/aromatic N) is 2. The van der Waals surface area contributed by atoms with Gasteiger partial charge in [0, 0.05) is 30.9 Å². The number of benzene rings is 2. The van der Waals surface area contributed by atoms with E-state index < -0.39 is 0 Å². The van der Waals surface area contributed by atoms with Crippen LogP contribution in [0.15, 0.2) is 54.7 Å². The monoisotopic (exact) mass is 398 g/mol. The molecule has 1 heterocycles. The molecule has 6 nitrogen and oxygen atoms in total. The Kier molecular flexibility index (Phi) is 6.68. The molecule has 0 radical (unpaired) electrons. The molecule has 1 aromatic heterocycles. The summed E-state index contributed by atoms with van der Waals surface area (Å²) < 4.78 is 6.73. The average molecular weight is 399 g/mol. The van der Waals surface area contributed by atoms with Gasteiger partial charge in [0.05, 0.1) is 29.7 Å². The number of nitrogens with one attached hydrogen (secondary N) is 2. The van der Waals surface area contributed by atoms with Gasteiger partial charge in [0.25, 0.3) is 5.91 Å². The molecule has 0 aliphatic rings. The molecule has 0 saturated carbocycles. The molecule has 2 aromatic carbocycles. The van der Waals surface area contributed by atoms with Gasteiger partial charge in [0.2, 0.25) is 0 Å². The lowest BCUT2D eigenvalue weighted by atomic mass is 10.2. The highest BCUT2D eigenvalue weighted by atomic mass is 35.5. The molecule has 1 amide bonds. The number of methoxy groups -OCH3 is 1. The van der Waals surface area contributed by atoms with Crippen molar-refractivity contribution in [1.82, 2.24) is 15.1 Å². The van der Waals surface area contributed by atoms with E-state index in [-0.39, 0.29) is 5.91 Å². The van der Waals surface area contributed by atoms with Crippen molar-refractivity contribution >= 4 is 23.2 Å². The van der Waals surface area contributed by atoms with E-state index in [9.17, 15) is 4.79 Å². The molecule has 3 aromatic rings. The number of ether oxygens (including phenoxy) is 1. The first kappa shape index (κ1) is 19.9. The number of halogens is 1. The number of hydrogen-bond acceptors (Lipinski definition) is 4. The van der Waals surface area contributed by atoms with Crippen LogP contribution in [0.3, 0.4) is 0 Å².